The number of halogens is 2. The molecule has 0 aliphatic heterocycles. The van der Waals surface area contributed by atoms with Crippen LogP contribution in [0.25, 0.3) is 45.6 Å². The van der Waals surface area contributed by atoms with Gasteiger partial charge in [0, 0.05) is 0 Å². The molecule has 0 saturated heterocycles. The molecule has 0 bridgehead atoms. The fraction of sp³-hybridized carbons (Fsp3) is 0.333. The molecule has 2 heterocycles. The van der Waals surface area contributed by atoms with Crippen LogP contribution in [0.1, 0.15) is 122 Å². The maximum absolute atomic E-state index is 9.12. The van der Waals surface area contributed by atoms with Gasteiger partial charge in [0.2, 0.25) is 0 Å². The molecule has 8 rings (SSSR count). The predicted octanol–water partition coefficient (Wildman–Crippen LogP) is 16.6. The van der Waals surface area contributed by atoms with Crippen LogP contribution in [0, 0.1) is 69.2 Å². The summed E-state index contributed by atoms with van der Waals surface area (Å²) in [6, 6.07) is 23.4. The second-order valence-electron chi connectivity index (χ2n) is 18.3. The Labute approximate surface area is 366 Å². The van der Waals surface area contributed by atoms with Crippen molar-refractivity contribution < 1.29 is 23.8 Å². The Hall–Kier alpha value is -3.40. The summed E-state index contributed by atoms with van der Waals surface area (Å²) in [4.78, 5) is 0. The summed E-state index contributed by atoms with van der Waals surface area (Å²) in [5.41, 5.74) is 23.6. The van der Waals surface area contributed by atoms with Crippen LogP contribution in [0.5, 0.6) is 0 Å². The fourth-order valence-corrected chi connectivity index (χ4v) is 38.0. The minimum atomic E-state index is -5.47. The van der Waals surface area contributed by atoms with Crippen LogP contribution in [0.4, 0.5) is 0 Å². The van der Waals surface area contributed by atoms with Crippen molar-refractivity contribution in [2.75, 3.05) is 0 Å². The van der Waals surface area contributed by atoms with Crippen LogP contribution in [0.15, 0.2) is 69.5 Å². The summed E-state index contributed by atoms with van der Waals surface area (Å²) >= 11 is -5.47. The summed E-state index contributed by atoms with van der Waals surface area (Å²) in [6.07, 6.45) is 6.67. The molecule has 60 heavy (non-hydrogen) atoms. The van der Waals surface area contributed by atoms with Crippen LogP contribution in [0.2, 0.25) is 13.1 Å². The van der Waals surface area contributed by atoms with E-state index in [2.05, 4.69) is 169 Å². The van der Waals surface area contributed by atoms with Crippen LogP contribution in [-0.2, 0) is 27.9 Å². The van der Waals surface area contributed by atoms with Crippen molar-refractivity contribution in [3.63, 3.8) is 0 Å². The topological polar surface area (TPSA) is 26.3 Å². The molecule has 6 heteroatoms. The molecule has 0 saturated carbocycles. The Morgan fingerprint density at radius 1 is 0.517 bits per heavy atom. The average molecular weight is 931 g/mol. The third kappa shape index (κ3) is 6.56. The average Bonchev–Trinajstić information content (AvgIpc) is 3.97. The third-order valence-electron chi connectivity index (χ3n) is 14.7. The molecule has 0 radical (unpaired) electrons. The maximum atomic E-state index is 9.12. The first-order valence-corrected chi connectivity index (χ1v) is 37.1. The molecule has 2 aliphatic rings. The van der Waals surface area contributed by atoms with E-state index in [0.717, 1.165) is 58.2 Å². The Kier molecular flexibility index (Phi) is 11.1. The van der Waals surface area contributed by atoms with Gasteiger partial charge < -0.3 is 0 Å². The molecule has 2 aromatic heterocycles. The van der Waals surface area contributed by atoms with E-state index in [1.54, 1.807) is 0 Å². The molecule has 4 aromatic carbocycles. The molecule has 2 atom stereocenters. The van der Waals surface area contributed by atoms with Crippen LogP contribution in [-0.4, -0.2) is 5.43 Å². The van der Waals surface area contributed by atoms with Gasteiger partial charge in [0.25, 0.3) is 0 Å². The zero-order valence-electron chi connectivity index (χ0n) is 38.1. The molecule has 2 aliphatic carbocycles. The monoisotopic (exact) mass is 928 g/mol. The first-order chi connectivity index (χ1) is 28.3. The van der Waals surface area contributed by atoms with Gasteiger partial charge in [0.05, 0.1) is 0 Å². The van der Waals surface area contributed by atoms with Crippen molar-refractivity contribution in [1.29, 1.82) is 0 Å². The van der Waals surface area contributed by atoms with E-state index in [1.165, 1.54) is 89.0 Å². The van der Waals surface area contributed by atoms with E-state index in [-0.39, 0.29) is 7.25 Å². The van der Waals surface area contributed by atoms with Gasteiger partial charge in [0.1, 0.15) is 0 Å². The second-order valence-corrected chi connectivity index (χ2v) is 57.1. The van der Waals surface area contributed by atoms with Gasteiger partial charge in [-0.15, -0.1) is 0 Å². The Morgan fingerprint density at radius 2 is 0.867 bits per heavy atom. The normalized spacial score (nSPS) is 16.3. The first kappa shape index (κ1) is 43.3. The van der Waals surface area contributed by atoms with Crippen LogP contribution >= 0.6 is 17.0 Å². The van der Waals surface area contributed by atoms with E-state index < -0.39 is 20.4 Å². The third-order valence-corrected chi connectivity index (χ3v) is 60.9. The van der Waals surface area contributed by atoms with Crippen molar-refractivity contribution in [2.24, 2.45) is 0 Å². The standard InChI is InChI=1S/2C26H27O.C2H6Si.2ClH.Zr/c2*1-7-20-8-9-21-13-22(25-12-17(4)19(6)27-25)14-24(21)26(20)23-10-15(2)18(5)16(3)11-23;1-3-2;;;/h2*8-14H,7H2,1-6H3;1-2H3;2*1H;/q;;;;;+2/p-2. The molecule has 2 unspecified atom stereocenters. The number of hydrogen-bond donors (Lipinski definition) is 0. The number of furan rings is 2. The van der Waals surface area contributed by atoms with Crippen LogP contribution < -0.4 is 0 Å². The Balaban J connectivity index is 1.50. The fourth-order valence-electron chi connectivity index (χ4n) is 10.4. The molecular weight excluding hydrogens is 871 g/mol. The molecule has 310 valence electrons. The van der Waals surface area contributed by atoms with Gasteiger partial charge in [0.15, 0.2) is 0 Å². The molecular formula is C54H60Cl2O2SiZr. The molecule has 0 N–H and O–H groups in total. The summed E-state index contributed by atoms with van der Waals surface area (Å²) < 4.78 is 13.1. The number of aryl methyl sites for hydroxylation is 10. The first-order valence-electron chi connectivity index (χ1n) is 21.7. The minimum absolute atomic E-state index is 0.231. The number of hydrogen-bond acceptors (Lipinski definition) is 2. The van der Waals surface area contributed by atoms with Crippen LogP contribution in [0.3, 0.4) is 0 Å². The number of benzene rings is 4. The number of allylic oxidation sites excluding steroid dienone is 2. The molecule has 0 fully saturated rings. The van der Waals surface area contributed by atoms with E-state index in [4.69, 9.17) is 25.9 Å². The Morgan fingerprint density at radius 3 is 1.15 bits per heavy atom. The van der Waals surface area contributed by atoms with Crippen molar-refractivity contribution >= 4 is 45.8 Å². The van der Waals surface area contributed by atoms with E-state index in [1.807, 2.05) is 0 Å². The zero-order valence-corrected chi connectivity index (χ0v) is 43.0. The summed E-state index contributed by atoms with van der Waals surface area (Å²) in [5.74, 6) is 3.59. The summed E-state index contributed by atoms with van der Waals surface area (Å²) in [7, 11) is 18.2. The number of fused-ring (bicyclic) bond motifs is 2. The summed E-state index contributed by atoms with van der Waals surface area (Å²) in [5, 5.41) is 0. The molecule has 2 nitrogen and oxygen atoms in total. The van der Waals surface area contributed by atoms with Gasteiger partial charge >= 0.3 is 370 Å². The van der Waals surface area contributed by atoms with Crippen molar-refractivity contribution in [3.8, 4) is 22.3 Å². The zero-order chi connectivity index (χ0) is 43.3. The van der Waals surface area contributed by atoms with Gasteiger partial charge in [-0.25, -0.2) is 0 Å². The van der Waals surface area contributed by atoms with E-state index >= 15 is 0 Å². The quantitative estimate of drug-likeness (QED) is 0.142. The molecule has 0 amide bonds. The van der Waals surface area contributed by atoms with Crippen molar-refractivity contribution in [3.05, 3.63) is 162 Å². The Bertz CT molecular complexity index is 2660. The van der Waals surface area contributed by atoms with Gasteiger partial charge in [-0.05, 0) is 0 Å². The van der Waals surface area contributed by atoms with Gasteiger partial charge in [-0.1, -0.05) is 0 Å². The molecule has 6 aromatic rings. The number of rotatable bonds is 8. The van der Waals surface area contributed by atoms with Gasteiger partial charge in [-0.3, -0.25) is 0 Å². The summed E-state index contributed by atoms with van der Waals surface area (Å²) in [6.45, 7) is 31.1. The second kappa shape index (κ2) is 15.4. The van der Waals surface area contributed by atoms with E-state index in [9.17, 15) is 0 Å². The SMILES string of the molecule is CCc1ccc2c(c1-c1cc(C)c(C)c(C)c1)C=C(c1cc(C)c(C)o1)[CH]2[Zr]([Cl])([Cl])([CH]1C(c2cc(C)c(C)o2)=Cc2c1ccc(CC)c2-c1cc(C)c(C)c(C)c1)=[Si](C)C. The van der Waals surface area contributed by atoms with Crippen molar-refractivity contribution in [2.45, 2.75) is 116 Å². The van der Waals surface area contributed by atoms with E-state index in [0.29, 0.717) is 0 Å². The van der Waals surface area contributed by atoms with Crippen molar-refractivity contribution in [1.82, 2.24) is 0 Å². The van der Waals surface area contributed by atoms with Gasteiger partial charge in [-0.2, -0.15) is 0 Å². The molecule has 0 spiro atoms. The predicted molar refractivity (Wildman–Crippen MR) is 258 cm³/mol.